The Hall–Kier alpha value is -2.26. The van der Waals surface area contributed by atoms with Crippen LogP contribution in [0.2, 0.25) is 0 Å². The van der Waals surface area contributed by atoms with E-state index in [2.05, 4.69) is 17.1 Å². The van der Waals surface area contributed by atoms with Crippen molar-refractivity contribution in [1.29, 1.82) is 0 Å². The lowest BCUT2D eigenvalue weighted by Crippen LogP contribution is -2.46. The van der Waals surface area contributed by atoms with Gasteiger partial charge in [-0.3, -0.25) is 9.79 Å². The Kier molecular flexibility index (Phi) is 14.3. The first-order chi connectivity index (χ1) is 17.1. The van der Waals surface area contributed by atoms with E-state index in [1.54, 1.807) is 33.7 Å². The van der Waals surface area contributed by atoms with Crippen LogP contribution in [-0.4, -0.2) is 83.6 Å². The van der Waals surface area contributed by atoms with Gasteiger partial charge >= 0.3 is 0 Å². The number of benzene rings is 1. The van der Waals surface area contributed by atoms with Gasteiger partial charge in [0.05, 0.1) is 39.3 Å². The second-order valence-corrected chi connectivity index (χ2v) is 8.70. The highest BCUT2D eigenvalue weighted by Crippen LogP contribution is 2.24. The number of hydrogen-bond donors (Lipinski definition) is 1. The first kappa shape index (κ1) is 29.0. The van der Waals surface area contributed by atoms with Gasteiger partial charge in [0.2, 0.25) is 5.91 Å². The van der Waals surface area contributed by atoms with Crippen LogP contribution < -0.4 is 5.73 Å². The number of ether oxygens (including phenoxy) is 4. The highest BCUT2D eigenvalue weighted by Gasteiger charge is 2.27. The van der Waals surface area contributed by atoms with E-state index >= 15 is 0 Å². The average molecular weight is 490 g/mol. The van der Waals surface area contributed by atoms with Crippen molar-refractivity contribution >= 4 is 17.7 Å². The summed E-state index contributed by atoms with van der Waals surface area (Å²) >= 11 is 0. The molecule has 1 aromatic rings. The average Bonchev–Trinajstić information content (AvgIpc) is 2.90. The maximum atomic E-state index is 13.0. The van der Waals surface area contributed by atoms with Gasteiger partial charge in [0, 0.05) is 45.4 Å². The van der Waals surface area contributed by atoms with Crippen molar-refractivity contribution in [2.75, 3.05) is 54.2 Å². The van der Waals surface area contributed by atoms with E-state index in [0.717, 1.165) is 48.8 Å². The molecule has 0 aromatic heterocycles. The molecule has 0 spiro atoms. The van der Waals surface area contributed by atoms with Crippen LogP contribution >= 0.6 is 0 Å². The van der Waals surface area contributed by atoms with Crippen LogP contribution in [0.1, 0.15) is 49.7 Å². The van der Waals surface area contributed by atoms with Crippen molar-refractivity contribution < 1.29 is 23.7 Å². The topological polar surface area (TPSA) is 95.6 Å². The Morgan fingerprint density at radius 1 is 1.14 bits per heavy atom. The summed E-state index contributed by atoms with van der Waals surface area (Å²) in [4.78, 5) is 19.3. The number of nitrogens with zero attached hydrogens (tertiary/aromatic N) is 2. The molecule has 0 saturated heterocycles. The fourth-order valence-electron chi connectivity index (χ4n) is 4.28. The van der Waals surface area contributed by atoms with Crippen LogP contribution in [0, 0.1) is 0 Å². The second-order valence-electron chi connectivity index (χ2n) is 8.70. The van der Waals surface area contributed by atoms with Gasteiger partial charge in [-0.25, -0.2) is 0 Å². The van der Waals surface area contributed by atoms with Gasteiger partial charge in [-0.05, 0) is 30.4 Å². The van der Waals surface area contributed by atoms with Crippen LogP contribution in [0.4, 0.5) is 0 Å². The van der Waals surface area contributed by atoms with Crippen molar-refractivity contribution in [3.05, 3.63) is 41.6 Å². The summed E-state index contributed by atoms with van der Waals surface area (Å²) in [5.74, 6) is 0.100. The van der Waals surface area contributed by atoms with Crippen LogP contribution in [0.5, 0.6) is 0 Å². The maximum absolute atomic E-state index is 13.0. The van der Waals surface area contributed by atoms with Gasteiger partial charge < -0.3 is 29.6 Å². The molecule has 0 aliphatic heterocycles. The lowest BCUT2D eigenvalue weighted by atomic mass is 9.94. The predicted molar refractivity (Wildman–Crippen MR) is 139 cm³/mol. The molecule has 1 aromatic carbocycles. The van der Waals surface area contributed by atoms with E-state index in [-0.39, 0.29) is 11.9 Å². The normalized spacial score (nSPS) is 15.3. The summed E-state index contributed by atoms with van der Waals surface area (Å²) in [6, 6.07) is 8.43. The Bertz CT molecular complexity index is 789. The minimum atomic E-state index is -0.411. The molecule has 0 heterocycles. The van der Waals surface area contributed by atoms with E-state index in [1.807, 2.05) is 17.0 Å². The van der Waals surface area contributed by atoms with Gasteiger partial charge in [-0.15, -0.1) is 0 Å². The third-order valence-electron chi connectivity index (χ3n) is 6.30. The number of carbonyl (C=O) groups is 1. The number of carbonyl (C=O) groups excluding carboxylic acids is 1. The third-order valence-corrected chi connectivity index (χ3v) is 6.30. The van der Waals surface area contributed by atoms with Crippen molar-refractivity contribution in [3.63, 3.8) is 0 Å². The first-order valence-electron chi connectivity index (χ1n) is 12.6. The largest absolute Gasteiger partial charge is 0.404 e. The van der Waals surface area contributed by atoms with E-state index in [1.165, 1.54) is 6.42 Å². The van der Waals surface area contributed by atoms with Crippen LogP contribution in [0.25, 0.3) is 5.57 Å². The number of rotatable bonds is 16. The Morgan fingerprint density at radius 3 is 2.60 bits per heavy atom. The molecule has 0 radical (unpaired) electrons. The monoisotopic (exact) mass is 489 g/mol. The SMILES string of the molecule is COCCN=CC(=CN)c1cccc(CCOCCC(=O)N(CC(OC)OC)C2CCCCC2)c1. The van der Waals surface area contributed by atoms with Gasteiger partial charge in [-0.2, -0.15) is 0 Å². The van der Waals surface area contributed by atoms with Crippen molar-refractivity contribution in [2.45, 2.75) is 57.3 Å². The number of amides is 1. The molecular formula is C27H43N3O5. The fraction of sp³-hybridized carbons (Fsp3) is 0.630. The molecule has 1 aliphatic rings. The lowest BCUT2D eigenvalue weighted by Gasteiger charge is -2.36. The molecule has 35 heavy (non-hydrogen) atoms. The van der Waals surface area contributed by atoms with Gasteiger partial charge in [0.1, 0.15) is 0 Å². The standard InChI is InChI=1S/C27H43N3O5/c1-32-17-14-29-20-24(19-28)23-9-7-8-22(18-23)12-15-35-16-13-26(31)30(21-27(33-2)34-3)25-10-5-4-6-11-25/h7-9,18-20,25,27H,4-6,10-17,21,28H2,1-3H3. The second kappa shape index (κ2) is 17.2. The summed E-state index contributed by atoms with van der Waals surface area (Å²) in [5, 5.41) is 0. The minimum Gasteiger partial charge on any atom is -0.404 e. The molecule has 1 amide bonds. The Morgan fingerprint density at radius 2 is 1.91 bits per heavy atom. The zero-order chi connectivity index (χ0) is 25.3. The van der Waals surface area contributed by atoms with Crippen LogP contribution in [0.15, 0.2) is 35.5 Å². The predicted octanol–water partition coefficient (Wildman–Crippen LogP) is 3.43. The van der Waals surface area contributed by atoms with Crippen LogP contribution in [0.3, 0.4) is 0 Å². The van der Waals surface area contributed by atoms with Crippen molar-refractivity contribution in [2.24, 2.45) is 10.7 Å². The molecule has 1 fully saturated rings. The third kappa shape index (κ3) is 10.5. The van der Waals surface area contributed by atoms with Gasteiger partial charge in [0.15, 0.2) is 6.29 Å². The minimum absolute atomic E-state index is 0.100. The van der Waals surface area contributed by atoms with Crippen molar-refractivity contribution in [1.82, 2.24) is 4.90 Å². The zero-order valence-electron chi connectivity index (χ0n) is 21.6. The van der Waals surface area contributed by atoms with E-state index in [0.29, 0.717) is 39.3 Å². The molecule has 1 saturated carbocycles. The van der Waals surface area contributed by atoms with Crippen LogP contribution in [-0.2, 0) is 30.2 Å². The van der Waals surface area contributed by atoms with E-state index < -0.39 is 6.29 Å². The summed E-state index contributed by atoms with van der Waals surface area (Å²) in [6.07, 6.45) is 9.68. The van der Waals surface area contributed by atoms with E-state index in [4.69, 9.17) is 24.7 Å². The molecule has 0 unspecified atom stereocenters. The quantitative estimate of drug-likeness (QED) is 0.217. The molecule has 1 aliphatic carbocycles. The molecule has 2 rings (SSSR count). The molecule has 8 nitrogen and oxygen atoms in total. The fourth-order valence-corrected chi connectivity index (χ4v) is 4.28. The highest BCUT2D eigenvalue weighted by atomic mass is 16.7. The van der Waals surface area contributed by atoms with Gasteiger partial charge in [-0.1, -0.05) is 43.5 Å². The number of hydrogen-bond acceptors (Lipinski definition) is 7. The maximum Gasteiger partial charge on any atom is 0.225 e. The molecule has 0 atom stereocenters. The molecule has 0 bridgehead atoms. The molecular weight excluding hydrogens is 446 g/mol. The summed E-state index contributed by atoms with van der Waals surface area (Å²) in [7, 11) is 4.87. The summed E-state index contributed by atoms with van der Waals surface area (Å²) < 4.78 is 21.6. The zero-order valence-corrected chi connectivity index (χ0v) is 21.6. The summed E-state index contributed by atoms with van der Waals surface area (Å²) in [5.41, 5.74) is 8.82. The lowest BCUT2D eigenvalue weighted by molar-refractivity contribution is -0.151. The molecule has 8 heteroatoms. The van der Waals surface area contributed by atoms with E-state index in [9.17, 15) is 4.79 Å². The van der Waals surface area contributed by atoms with Gasteiger partial charge in [0.25, 0.3) is 0 Å². The smallest absolute Gasteiger partial charge is 0.225 e. The Balaban J connectivity index is 1.82. The van der Waals surface area contributed by atoms with Crippen molar-refractivity contribution in [3.8, 4) is 0 Å². The Labute approximate surface area is 210 Å². The number of allylic oxidation sites excluding steroid dienone is 1. The molecule has 196 valence electrons. The number of methoxy groups -OCH3 is 3. The number of aliphatic imine (C=N–C) groups is 1. The molecule has 2 N–H and O–H groups in total. The first-order valence-corrected chi connectivity index (χ1v) is 12.6. The highest BCUT2D eigenvalue weighted by molar-refractivity contribution is 6.09. The summed E-state index contributed by atoms with van der Waals surface area (Å²) in [6.45, 7) is 2.56. The number of nitrogens with two attached hydrogens (primary N) is 1.